The molecule has 1 unspecified atom stereocenters. The van der Waals surface area contributed by atoms with Gasteiger partial charge < -0.3 is 19.2 Å². The molecule has 1 fully saturated rings. The van der Waals surface area contributed by atoms with Gasteiger partial charge in [-0.2, -0.15) is 0 Å². The molecule has 1 aromatic heterocycles. The minimum absolute atomic E-state index is 0.0862. The monoisotopic (exact) mass is 345 g/mol. The van der Waals surface area contributed by atoms with Crippen LogP contribution in [-0.2, 0) is 16.0 Å². The van der Waals surface area contributed by atoms with Crippen LogP contribution in [0.25, 0.3) is 11.0 Å². The molecule has 1 N–H and O–H groups in total. The zero-order valence-corrected chi connectivity index (χ0v) is 14.4. The fourth-order valence-electron chi connectivity index (χ4n) is 3.01. The Morgan fingerprint density at radius 2 is 2.24 bits per heavy atom. The number of rotatable bonds is 7. The van der Waals surface area contributed by atoms with Crippen molar-refractivity contribution in [1.29, 1.82) is 0 Å². The molecule has 1 amide bonds. The first-order valence-corrected chi connectivity index (χ1v) is 8.73. The maximum absolute atomic E-state index is 11.9. The zero-order valence-electron chi connectivity index (χ0n) is 14.4. The highest BCUT2D eigenvalue weighted by atomic mass is 16.5. The molecular weight excluding hydrogens is 322 g/mol. The Morgan fingerprint density at radius 1 is 1.36 bits per heavy atom. The molecule has 1 atom stereocenters. The lowest BCUT2D eigenvalue weighted by molar-refractivity contribution is -0.123. The smallest absolute Gasteiger partial charge is 0.336 e. The number of nitrogens with one attached hydrogen (secondary N) is 1. The average Bonchev–Trinajstić information content (AvgIpc) is 3.11. The number of aryl methyl sites for hydroxylation is 1. The van der Waals surface area contributed by atoms with E-state index in [1.165, 1.54) is 6.07 Å². The van der Waals surface area contributed by atoms with Gasteiger partial charge in [-0.1, -0.05) is 13.3 Å². The number of fused-ring (bicyclic) bond motifs is 1. The summed E-state index contributed by atoms with van der Waals surface area (Å²) in [6.07, 6.45) is 3.88. The van der Waals surface area contributed by atoms with Crippen LogP contribution in [0.1, 0.15) is 31.7 Å². The second-order valence-electron chi connectivity index (χ2n) is 6.23. The predicted molar refractivity (Wildman–Crippen MR) is 94.0 cm³/mol. The van der Waals surface area contributed by atoms with Crippen molar-refractivity contribution in [2.75, 3.05) is 19.8 Å². The summed E-state index contributed by atoms with van der Waals surface area (Å²) in [4.78, 5) is 23.5. The average molecular weight is 345 g/mol. The van der Waals surface area contributed by atoms with Crippen LogP contribution < -0.4 is 15.7 Å². The van der Waals surface area contributed by atoms with Crippen LogP contribution in [0.2, 0.25) is 0 Å². The van der Waals surface area contributed by atoms with Crippen molar-refractivity contribution in [3.05, 3.63) is 40.2 Å². The second kappa shape index (κ2) is 8.16. The molecule has 2 heterocycles. The summed E-state index contributed by atoms with van der Waals surface area (Å²) in [6, 6.07) is 6.84. The summed E-state index contributed by atoms with van der Waals surface area (Å²) in [6.45, 7) is 3.25. The summed E-state index contributed by atoms with van der Waals surface area (Å²) in [5.41, 5.74) is 1.07. The SMILES string of the molecule is CCCc1cc(=O)oc2cc(OCC(=O)NCC3CCCO3)ccc12. The van der Waals surface area contributed by atoms with Crippen molar-refractivity contribution in [2.24, 2.45) is 0 Å². The number of carbonyl (C=O) groups excluding carboxylic acids is 1. The number of carbonyl (C=O) groups is 1. The van der Waals surface area contributed by atoms with Crippen molar-refractivity contribution in [1.82, 2.24) is 5.32 Å². The van der Waals surface area contributed by atoms with E-state index in [9.17, 15) is 9.59 Å². The van der Waals surface area contributed by atoms with Crippen LogP contribution >= 0.6 is 0 Å². The van der Waals surface area contributed by atoms with Gasteiger partial charge in [-0.3, -0.25) is 4.79 Å². The Kier molecular flexibility index (Phi) is 5.71. The number of hydrogen-bond acceptors (Lipinski definition) is 5. The highest BCUT2D eigenvalue weighted by Crippen LogP contribution is 2.23. The molecule has 1 aliphatic rings. The van der Waals surface area contributed by atoms with Gasteiger partial charge in [0.2, 0.25) is 0 Å². The van der Waals surface area contributed by atoms with Crippen LogP contribution in [0.4, 0.5) is 0 Å². The normalized spacial score (nSPS) is 16.9. The van der Waals surface area contributed by atoms with E-state index in [-0.39, 0.29) is 24.2 Å². The van der Waals surface area contributed by atoms with E-state index < -0.39 is 0 Å². The van der Waals surface area contributed by atoms with Crippen molar-refractivity contribution < 1.29 is 18.7 Å². The largest absolute Gasteiger partial charge is 0.484 e. The highest BCUT2D eigenvalue weighted by molar-refractivity contribution is 5.82. The first-order valence-electron chi connectivity index (χ1n) is 8.73. The van der Waals surface area contributed by atoms with Gasteiger partial charge in [-0.05, 0) is 37.0 Å². The zero-order chi connectivity index (χ0) is 17.6. The minimum atomic E-state index is -0.373. The van der Waals surface area contributed by atoms with Gasteiger partial charge in [-0.25, -0.2) is 4.79 Å². The lowest BCUT2D eigenvalue weighted by atomic mass is 10.1. The van der Waals surface area contributed by atoms with E-state index in [0.29, 0.717) is 17.9 Å². The molecule has 1 aromatic carbocycles. The summed E-state index contributed by atoms with van der Waals surface area (Å²) in [5, 5.41) is 3.70. The molecular formula is C19H23NO5. The van der Waals surface area contributed by atoms with Gasteiger partial charge in [0, 0.05) is 30.7 Å². The van der Waals surface area contributed by atoms with Crippen molar-refractivity contribution in [3.63, 3.8) is 0 Å². The number of hydrogen-bond donors (Lipinski definition) is 1. The molecule has 6 heteroatoms. The van der Waals surface area contributed by atoms with Crippen LogP contribution in [0.5, 0.6) is 5.75 Å². The highest BCUT2D eigenvalue weighted by Gasteiger charge is 2.16. The van der Waals surface area contributed by atoms with E-state index in [1.54, 1.807) is 12.1 Å². The molecule has 1 aliphatic heterocycles. The third-order valence-electron chi connectivity index (χ3n) is 4.24. The van der Waals surface area contributed by atoms with E-state index in [2.05, 4.69) is 12.2 Å². The molecule has 0 radical (unpaired) electrons. The molecule has 25 heavy (non-hydrogen) atoms. The third-order valence-corrected chi connectivity index (χ3v) is 4.24. The summed E-state index contributed by atoms with van der Waals surface area (Å²) >= 11 is 0. The summed E-state index contributed by atoms with van der Waals surface area (Å²) in [5.74, 6) is 0.299. The Labute approximate surface area is 146 Å². The molecule has 3 rings (SSSR count). The lowest BCUT2D eigenvalue weighted by Crippen LogP contribution is -2.35. The molecule has 0 bridgehead atoms. The molecule has 0 saturated carbocycles. The van der Waals surface area contributed by atoms with E-state index in [4.69, 9.17) is 13.9 Å². The van der Waals surface area contributed by atoms with E-state index in [1.807, 2.05) is 6.07 Å². The number of ether oxygens (including phenoxy) is 2. The van der Waals surface area contributed by atoms with Crippen LogP contribution in [0.15, 0.2) is 33.5 Å². The third kappa shape index (κ3) is 4.60. The maximum Gasteiger partial charge on any atom is 0.336 e. The lowest BCUT2D eigenvalue weighted by Gasteiger charge is -2.12. The molecule has 0 spiro atoms. The second-order valence-corrected chi connectivity index (χ2v) is 6.23. The number of amides is 1. The van der Waals surface area contributed by atoms with Gasteiger partial charge in [0.05, 0.1) is 6.10 Å². The molecule has 1 saturated heterocycles. The fourth-order valence-corrected chi connectivity index (χ4v) is 3.01. The summed E-state index contributed by atoms with van der Waals surface area (Å²) < 4.78 is 16.2. The number of benzene rings is 1. The van der Waals surface area contributed by atoms with E-state index in [0.717, 1.165) is 43.2 Å². The molecule has 0 aliphatic carbocycles. The van der Waals surface area contributed by atoms with E-state index >= 15 is 0 Å². The topological polar surface area (TPSA) is 77.8 Å². The van der Waals surface area contributed by atoms with Gasteiger partial charge in [0.1, 0.15) is 11.3 Å². The minimum Gasteiger partial charge on any atom is -0.484 e. The predicted octanol–water partition coefficient (Wildman–Crippen LogP) is 2.42. The molecule has 6 nitrogen and oxygen atoms in total. The van der Waals surface area contributed by atoms with Crippen molar-refractivity contribution >= 4 is 16.9 Å². The first-order chi connectivity index (χ1) is 12.2. The van der Waals surface area contributed by atoms with Gasteiger partial charge in [0.15, 0.2) is 6.61 Å². The summed E-state index contributed by atoms with van der Waals surface area (Å²) in [7, 11) is 0. The van der Waals surface area contributed by atoms with Crippen LogP contribution in [-0.4, -0.2) is 31.8 Å². The van der Waals surface area contributed by atoms with Crippen LogP contribution in [0.3, 0.4) is 0 Å². The fraction of sp³-hybridized carbons (Fsp3) is 0.474. The van der Waals surface area contributed by atoms with Crippen LogP contribution in [0, 0.1) is 0 Å². The Balaban J connectivity index is 1.61. The quantitative estimate of drug-likeness (QED) is 0.780. The van der Waals surface area contributed by atoms with Crippen molar-refractivity contribution in [2.45, 2.75) is 38.7 Å². The standard InChI is InChI=1S/C19H23NO5/c1-2-4-13-9-19(22)25-17-10-14(6-7-16(13)17)24-12-18(21)20-11-15-5-3-8-23-15/h6-7,9-10,15H,2-5,8,11-12H2,1H3,(H,20,21). The molecule has 2 aromatic rings. The van der Waals surface area contributed by atoms with Gasteiger partial charge in [0.25, 0.3) is 5.91 Å². The van der Waals surface area contributed by atoms with Crippen molar-refractivity contribution in [3.8, 4) is 5.75 Å². The molecule has 134 valence electrons. The van der Waals surface area contributed by atoms with Gasteiger partial charge >= 0.3 is 5.63 Å². The maximum atomic E-state index is 11.9. The first kappa shape index (κ1) is 17.5. The Morgan fingerprint density at radius 3 is 3.00 bits per heavy atom. The van der Waals surface area contributed by atoms with Gasteiger partial charge in [-0.15, -0.1) is 0 Å². The Bertz CT molecular complexity index is 792. The Hall–Kier alpha value is -2.34.